The van der Waals surface area contributed by atoms with Gasteiger partial charge < -0.3 is 10.2 Å². The molecule has 2 fully saturated rings. The summed E-state index contributed by atoms with van der Waals surface area (Å²) in [5, 5.41) is 7.09. The van der Waals surface area contributed by atoms with Gasteiger partial charge in [-0.2, -0.15) is 5.10 Å². The van der Waals surface area contributed by atoms with E-state index in [9.17, 15) is 9.59 Å². The van der Waals surface area contributed by atoms with E-state index in [2.05, 4.69) is 26.3 Å². The number of hydrogen-bond donors (Lipinski definition) is 1. The number of likely N-dealkylation sites (tertiary alicyclic amines) is 1. The Kier molecular flexibility index (Phi) is 3.08. The van der Waals surface area contributed by atoms with Crippen LogP contribution in [-0.2, 0) is 11.8 Å². The summed E-state index contributed by atoms with van der Waals surface area (Å²) in [4.78, 5) is 25.9. The first kappa shape index (κ1) is 12.7. The van der Waals surface area contributed by atoms with Gasteiger partial charge in [-0.15, -0.1) is 0 Å². The van der Waals surface area contributed by atoms with E-state index in [-0.39, 0.29) is 17.5 Å². The van der Waals surface area contributed by atoms with Crippen molar-refractivity contribution in [1.29, 1.82) is 0 Å². The molecule has 1 aliphatic heterocycles. The van der Waals surface area contributed by atoms with Gasteiger partial charge >= 0.3 is 0 Å². The fourth-order valence-corrected chi connectivity index (χ4v) is 2.86. The second kappa shape index (κ2) is 4.63. The lowest BCUT2D eigenvalue weighted by Crippen LogP contribution is -2.35. The molecule has 7 heteroatoms. The number of halogens is 1. The first-order chi connectivity index (χ1) is 9.08. The van der Waals surface area contributed by atoms with Crippen LogP contribution in [0.3, 0.4) is 0 Å². The third-order valence-corrected chi connectivity index (χ3v) is 4.40. The Morgan fingerprint density at radius 2 is 2.11 bits per heavy atom. The minimum absolute atomic E-state index is 0.134. The van der Waals surface area contributed by atoms with Crippen LogP contribution in [0.1, 0.15) is 19.3 Å². The van der Waals surface area contributed by atoms with E-state index in [1.54, 1.807) is 13.2 Å². The Balaban J connectivity index is 1.77. The average Bonchev–Trinajstić information content (AvgIpc) is 3.17. The smallest absolute Gasteiger partial charge is 0.282 e. The highest BCUT2D eigenvalue weighted by Gasteiger charge is 2.40. The highest BCUT2D eigenvalue weighted by molar-refractivity contribution is 9.10. The number of carbonyl (C=O) groups excluding carboxylic acids is 1. The molecule has 1 N–H and O–H groups in total. The van der Waals surface area contributed by atoms with Crippen LogP contribution in [-0.4, -0.2) is 39.2 Å². The lowest BCUT2D eigenvalue weighted by Gasteiger charge is -2.17. The third kappa shape index (κ3) is 2.27. The molecular formula is C12H15BrN4O2. The maximum Gasteiger partial charge on any atom is 0.282 e. The Bertz CT molecular complexity index is 582. The largest absolute Gasteiger partial charge is 0.371 e. The Morgan fingerprint density at radius 3 is 2.79 bits per heavy atom. The van der Waals surface area contributed by atoms with Crippen LogP contribution in [0.4, 0.5) is 5.69 Å². The first-order valence-corrected chi connectivity index (χ1v) is 7.16. The second-order valence-electron chi connectivity index (χ2n) is 5.05. The number of nitrogens with zero attached hydrogens (tertiary/aromatic N) is 3. The predicted molar refractivity (Wildman–Crippen MR) is 73.9 cm³/mol. The van der Waals surface area contributed by atoms with Crippen LogP contribution >= 0.6 is 15.9 Å². The van der Waals surface area contributed by atoms with E-state index in [1.165, 1.54) is 4.68 Å². The van der Waals surface area contributed by atoms with Crippen LogP contribution in [0.5, 0.6) is 0 Å². The molecule has 2 aliphatic rings. The fraction of sp³-hybridized carbons (Fsp3) is 0.583. The number of amides is 1. The minimum Gasteiger partial charge on any atom is -0.371 e. The zero-order valence-corrected chi connectivity index (χ0v) is 12.2. The topological polar surface area (TPSA) is 67.2 Å². The van der Waals surface area contributed by atoms with Gasteiger partial charge in [0.2, 0.25) is 5.91 Å². The van der Waals surface area contributed by atoms with Crippen molar-refractivity contribution in [1.82, 2.24) is 14.7 Å². The van der Waals surface area contributed by atoms with Crippen molar-refractivity contribution < 1.29 is 4.79 Å². The predicted octanol–water partition coefficient (Wildman–Crippen LogP) is 0.718. The summed E-state index contributed by atoms with van der Waals surface area (Å²) in [5.74, 6) is 0.134. The monoisotopic (exact) mass is 326 g/mol. The van der Waals surface area contributed by atoms with Crippen LogP contribution in [0.15, 0.2) is 15.5 Å². The molecule has 6 nitrogen and oxygen atoms in total. The van der Waals surface area contributed by atoms with Crippen molar-refractivity contribution in [3.63, 3.8) is 0 Å². The maximum atomic E-state index is 12.2. The molecular weight excluding hydrogens is 312 g/mol. The summed E-state index contributed by atoms with van der Waals surface area (Å²) in [6, 6.07) is 0.204. The molecule has 1 saturated carbocycles. The van der Waals surface area contributed by atoms with Gasteiger partial charge in [0.1, 0.15) is 10.5 Å². The van der Waals surface area contributed by atoms with Gasteiger partial charge in [-0.25, -0.2) is 4.68 Å². The summed E-state index contributed by atoms with van der Waals surface area (Å²) < 4.78 is 1.67. The first-order valence-electron chi connectivity index (χ1n) is 6.37. The molecule has 0 spiro atoms. The summed E-state index contributed by atoms with van der Waals surface area (Å²) in [6.07, 6.45) is 4.58. The number of anilines is 1. The van der Waals surface area contributed by atoms with E-state index in [0.29, 0.717) is 16.2 Å². The molecule has 0 bridgehead atoms. The van der Waals surface area contributed by atoms with Gasteiger partial charge in [0.25, 0.3) is 5.56 Å². The highest BCUT2D eigenvalue weighted by Crippen LogP contribution is 2.31. The number of aromatic nitrogens is 2. The summed E-state index contributed by atoms with van der Waals surface area (Å²) >= 11 is 3.25. The quantitative estimate of drug-likeness (QED) is 0.888. The van der Waals surface area contributed by atoms with Gasteiger partial charge in [0, 0.05) is 19.6 Å². The molecule has 19 heavy (non-hydrogen) atoms. The van der Waals surface area contributed by atoms with Crippen LogP contribution in [0.2, 0.25) is 0 Å². The van der Waals surface area contributed by atoms with Crippen LogP contribution in [0.25, 0.3) is 0 Å². The molecule has 0 aromatic carbocycles. The van der Waals surface area contributed by atoms with Gasteiger partial charge in [0.15, 0.2) is 0 Å². The van der Waals surface area contributed by atoms with Gasteiger partial charge in [-0.3, -0.25) is 9.59 Å². The van der Waals surface area contributed by atoms with Crippen molar-refractivity contribution in [2.24, 2.45) is 7.05 Å². The van der Waals surface area contributed by atoms with E-state index in [4.69, 9.17) is 0 Å². The molecule has 1 amide bonds. The van der Waals surface area contributed by atoms with E-state index in [1.807, 2.05) is 4.90 Å². The summed E-state index contributed by atoms with van der Waals surface area (Å²) in [7, 11) is 1.59. The molecule has 1 aliphatic carbocycles. The minimum atomic E-state index is -0.245. The molecule has 1 aromatic rings. The van der Waals surface area contributed by atoms with Crippen molar-refractivity contribution in [3.05, 3.63) is 21.0 Å². The van der Waals surface area contributed by atoms with Gasteiger partial charge in [-0.05, 0) is 35.2 Å². The highest BCUT2D eigenvalue weighted by atomic mass is 79.9. The Morgan fingerprint density at radius 1 is 1.37 bits per heavy atom. The molecule has 1 atom stereocenters. The molecule has 0 radical (unpaired) electrons. The van der Waals surface area contributed by atoms with Crippen molar-refractivity contribution >= 4 is 27.5 Å². The lowest BCUT2D eigenvalue weighted by atomic mass is 10.2. The standard InChI is InChI=1S/C12H15BrN4O2/c1-16-12(19)10(13)9(6-14-16)15-8-4-5-17(11(8)18)7-2-3-7/h6-8,15H,2-5H2,1H3/t8-/m1/s1. The molecule has 1 aromatic heterocycles. The number of carbonyl (C=O) groups is 1. The normalized spacial score (nSPS) is 22.9. The lowest BCUT2D eigenvalue weighted by molar-refractivity contribution is -0.128. The third-order valence-electron chi connectivity index (χ3n) is 3.64. The number of rotatable bonds is 3. The average molecular weight is 327 g/mol. The van der Waals surface area contributed by atoms with E-state index in [0.717, 1.165) is 25.8 Å². The second-order valence-corrected chi connectivity index (χ2v) is 5.84. The zero-order valence-electron chi connectivity index (χ0n) is 10.6. The van der Waals surface area contributed by atoms with Crippen LogP contribution in [0, 0.1) is 0 Å². The summed E-state index contributed by atoms with van der Waals surface area (Å²) in [5.41, 5.74) is 0.369. The number of hydrogen-bond acceptors (Lipinski definition) is 4. The maximum absolute atomic E-state index is 12.2. The Labute approximate surface area is 118 Å². The number of nitrogens with one attached hydrogen (secondary N) is 1. The molecule has 102 valence electrons. The molecule has 3 rings (SSSR count). The van der Waals surface area contributed by atoms with Crippen molar-refractivity contribution in [3.8, 4) is 0 Å². The molecule has 2 heterocycles. The van der Waals surface area contributed by atoms with Crippen molar-refractivity contribution in [2.45, 2.75) is 31.3 Å². The number of aryl methyl sites for hydroxylation is 1. The molecule has 1 saturated heterocycles. The van der Waals surface area contributed by atoms with Crippen LogP contribution < -0.4 is 10.9 Å². The summed E-state index contributed by atoms with van der Waals surface area (Å²) in [6.45, 7) is 0.803. The van der Waals surface area contributed by atoms with E-state index < -0.39 is 0 Å². The Hall–Kier alpha value is -1.37. The van der Waals surface area contributed by atoms with E-state index >= 15 is 0 Å². The van der Waals surface area contributed by atoms with Gasteiger partial charge in [0.05, 0.1) is 11.9 Å². The zero-order chi connectivity index (χ0) is 13.6. The SMILES string of the molecule is Cn1ncc(N[C@@H]2CCN(C3CC3)C2=O)c(Br)c1=O. The fourth-order valence-electron chi connectivity index (χ4n) is 2.38. The molecule has 0 unspecified atom stereocenters. The van der Waals surface area contributed by atoms with Gasteiger partial charge in [-0.1, -0.05) is 0 Å². The van der Waals surface area contributed by atoms with Crippen molar-refractivity contribution in [2.75, 3.05) is 11.9 Å².